The zero-order valence-corrected chi connectivity index (χ0v) is 18.4. The van der Waals surface area contributed by atoms with Crippen LogP contribution in [0.5, 0.6) is 11.5 Å². The second-order valence-electron chi connectivity index (χ2n) is 7.43. The summed E-state index contributed by atoms with van der Waals surface area (Å²) in [7, 11) is 3.35. The van der Waals surface area contributed by atoms with Gasteiger partial charge in [0.05, 0.1) is 32.7 Å². The highest BCUT2D eigenvalue weighted by Gasteiger charge is 2.13. The Kier molecular flexibility index (Phi) is 8.27. The Labute approximate surface area is 184 Å². The number of methoxy groups -OCH3 is 2. The van der Waals surface area contributed by atoms with Crippen LogP contribution >= 0.6 is 0 Å². The Morgan fingerprint density at radius 3 is 1.94 bits per heavy atom. The molecule has 1 atom stereocenters. The standard InChI is InChI=1S/C25H31N3O3/c1-19(27-12-13-29)22-14-23(16-26-15-22)28(17-20-4-8-24(30-2)9-5-20)18-21-6-10-25(31-3)11-7-21/h4-11,14-16,19,27,29H,12-13,17-18H2,1-3H3. The predicted molar refractivity (Wildman–Crippen MR) is 124 cm³/mol. The average Bonchev–Trinajstić information content (AvgIpc) is 2.83. The van der Waals surface area contributed by atoms with Gasteiger partial charge in [-0.05, 0) is 53.9 Å². The van der Waals surface area contributed by atoms with E-state index in [-0.39, 0.29) is 12.6 Å². The SMILES string of the molecule is COc1ccc(CN(Cc2ccc(OC)cc2)c2cncc(C(C)NCCO)c2)cc1. The number of ether oxygens (including phenoxy) is 2. The van der Waals surface area contributed by atoms with E-state index in [0.717, 1.165) is 35.8 Å². The van der Waals surface area contributed by atoms with Crippen LogP contribution in [0.3, 0.4) is 0 Å². The van der Waals surface area contributed by atoms with Gasteiger partial charge in [0.15, 0.2) is 0 Å². The highest BCUT2D eigenvalue weighted by molar-refractivity contribution is 5.48. The van der Waals surface area contributed by atoms with E-state index in [9.17, 15) is 0 Å². The van der Waals surface area contributed by atoms with E-state index < -0.39 is 0 Å². The van der Waals surface area contributed by atoms with E-state index in [4.69, 9.17) is 14.6 Å². The van der Waals surface area contributed by atoms with E-state index in [1.807, 2.05) is 36.7 Å². The molecule has 0 aliphatic carbocycles. The first kappa shape index (κ1) is 22.6. The number of benzene rings is 2. The van der Waals surface area contributed by atoms with E-state index in [1.165, 1.54) is 11.1 Å². The van der Waals surface area contributed by atoms with E-state index in [0.29, 0.717) is 6.54 Å². The van der Waals surface area contributed by atoms with Gasteiger partial charge in [0.1, 0.15) is 11.5 Å². The topological polar surface area (TPSA) is 66.9 Å². The first-order valence-electron chi connectivity index (χ1n) is 10.4. The Hall–Kier alpha value is -3.09. The Morgan fingerprint density at radius 1 is 0.903 bits per heavy atom. The second-order valence-corrected chi connectivity index (χ2v) is 7.43. The summed E-state index contributed by atoms with van der Waals surface area (Å²) in [6, 6.07) is 18.5. The lowest BCUT2D eigenvalue weighted by atomic mass is 10.1. The minimum absolute atomic E-state index is 0.100. The van der Waals surface area contributed by atoms with Gasteiger partial charge in [-0.3, -0.25) is 4.98 Å². The predicted octanol–water partition coefficient (Wildman–Crippen LogP) is 3.95. The van der Waals surface area contributed by atoms with Crippen molar-refractivity contribution < 1.29 is 14.6 Å². The molecule has 0 aliphatic rings. The van der Waals surface area contributed by atoms with Crippen molar-refractivity contribution in [2.24, 2.45) is 0 Å². The summed E-state index contributed by atoms with van der Waals surface area (Å²) in [5, 5.41) is 12.4. The van der Waals surface area contributed by atoms with Crippen LogP contribution in [-0.2, 0) is 13.1 Å². The van der Waals surface area contributed by atoms with Crippen molar-refractivity contribution in [1.29, 1.82) is 0 Å². The quantitative estimate of drug-likeness (QED) is 0.489. The fourth-order valence-electron chi connectivity index (χ4n) is 3.39. The molecule has 0 saturated heterocycles. The molecule has 0 radical (unpaired) electrons. The van der Waals surface area contributed by atoms with E-state index in [2.05, 4.69) is 52.5 Å². The molecule has 164 valence electrons. The number of aromatic nitrogens is 1. The normalized spacial score (nSPS) is 11.7. The fourth-order valence-corrected chi connectivity index (χ4v) is 3.39. The molecule has 1 heterocycles. The van der Waals surface area contributed by atoms with Gasteiger partial charge in [-0.25, -0.2) is 0 Å². The van der Waals surface area contributed by atoms with Crippen LogP contribution in [0.4, 0.5) is 5.69 Å². The first-order valence-corrected chi connectivity index (χ1v) is 10.4. The van der Waals surface area contributed by atoms with Gasteiger partial charge < -0.3 is 24.8 Å². The molecule has 31 heavy (non-hydrogen) atoms. The summed E-state index contributed by atoms with van der Waals surface area (Å²) in [6.07, 6.45) is 3.77. The number of pyridine rings is 1. The molecule has 0 saturated carbocycles. The molecule has 0 amide bonds. The summed E-state index contributed by atoms with van der Waals surface area (Å²) in [4.78, 5) is 6.79. The molecule has 0 bridgehead atoms. The molecule has 2 N–H and O–H groups in total. The monoisotopic (exact) mass is 421 g/mol. The molecule has 0 aliphatic heterocycles. The molecular weight excluding hydrogens is 390 g/mol. The first-order chi connectivity index (χ1) is 15.1. The van der Waals surface area contributed by atoms with Gasteiger partial charge in [-0.1, -0.05) is 24.3 Å². The minimum Gasteiger partial charge on any atom is -0.497 e. The van der Waals surface area contributed by atoms with Crippen molar-refractivity contribution in [3.63, 3.8) is 0 Å². The molecule has 1 aromatic heterocycles. The van der Waals surface area contributed by atoms with Crippen LogP contribution in [0.25, 0.3) is 0 Å². The van der Waals surface area contributed by atoms with E-state index in [1.54, 1.807) is 14.2 Å². The zero-order chi connectivity index (χ0) is 22.1. The average molecular weight is 422 g/mol. The van der Waals surface area contributed by atoms with Crippen molar-refractivity contribution >= 4 is 5.69 Å². The van der Waals surface area contributed by atoms with Crippen molar-refractivity contribution in [3.8, 4) is 11.5 Å². The third-order valence-electron chi connectivity index (χ3n) is 5.24. The molecule has 6 nitrogen and oxygen atoms in total. The van der Waals surface area contributed by atoms with Crippen LogP contribution < -0.4 is 19.7 Å². The largest absolute Gasteiger partial charge is 0.497 e. The molecule has 0 fully saturated rings. The maximum Gasteiger partial charge on any atom is 0.118 e. The third-order valence-corrected chi connectivity index (χ3v) is 5.24. The highest BCUT2D eigenvalue weighted by Crippen LogP contribution is 2.24. The maximum absolute atomic E-state index is 9.10. The molecule has 1 unspecified atom stereocenters. The molecule has 0 spiro atoms. The Bertz CT molecular complexity index is 880. The zero-order valence-electron chi connectivity index (χ0n) is 18.4. The van der Waals surface area contributed by atoms with Gasteiger partial charge in [0.25, 0.3) is 0 Å². The Morgan fingerprint density at radius 2 is 1.45 bits per heavy atom. The number of nitrogens with zero attached hydrogens (tertiary/aromatic N) is 2. The second kappa shape index (κ2) is 11.3. The van der Waals surface area contributed by atoms with Gasteiger partial charge in [-0.15, -0.1) is 0 Å². The summed E-state index contributed by atoms with van der Waals surface area (Å²) < 4.78 is 10.6. The number of anilines is 1. The lowest BCUT2D eigenvalue weighted by Crippen LogP contribution is -2.24. The summed E-state index contributed by atoms with van der Waals surface area (Å²) in [5.41, 5.74) is 4.50. The lowest BCUT2D eigenvalue weighted by molar-refractivity contribution is 0.286. The van der Waals surface area contributed by atoms with Gasteiger partial charge >= 0.3 is 0 Å². The maximum atomic E-state index is 9.10. The van der Waals surface area contributed by atoms with Crippen LogP contribution in [0.1, 0.15) is 29.7 Å². The summed E-state index contributed by atoms with van der Waals surface area (Å²) in [5.74, 6) is 1.69. The number of aliphatic hydroxyl groups is 1. The smallest absolute Gasteiger partial charge is 0.118 e. The summed E-state index contributed by atoms with van der Waals surface area (Å²) in [6.45, 7) is 4.21. The van der Waals surface area contributed by atoms with Crippen molar-refractivity contribution in [1.82, 2.24) is 10.3 Å². The molecule has 6 heteroatoms. The van der Waals surface area contributed by atoms with Crippen molar-refractivity contribution in [2.45, 2.75) is 26.1 Å². The summed E-state index contributed by atoms with van der Waals surface area (Å²) >= 11 is 0. The number of nitrogens with one attached hydrogen (secondary N) is 1. The van der Waals surface area contributed by atoms with Gasteiger partial charge in [0, 0.05) is 31.9 Å². The highest BCUT2D eigenvalue weighted by atomic mass is 16.5. The number of rotatable bonds is 11. The number of hydrogen-bond acceptors (Lipinski definition) is 6. The van der Waals surface area contributed by atoms with Crippen LogP contribution in [0.15, 0.2) is 67.0 Å². The third kappa shape index (κ3) is 6.44. The molecular formula is C25H31N3O3. The van der Waals surface area contributed by atoms with Crippen molar-refractivity contribution in [3.05, 3.63) is 83.7 Å². The van der Waals surface area contributed by atoms with Crippen LogP contribution in [0, 0.1) is 0 Å². The molecule has 2 aromatic carbocycles. The number of aliphatic hydroxyl groups excluding tert-OH is 1. The number of hydrogen-bond donors (Lipinski definition) is 2. The van der Waals surface area contributed by atoms with Gasteiger partial charge in [-0.2, -0.15) is 0 Å². The van der Waals surface area contributed by atoms with Crippen LogP contribution in [-0.4, -0.2) is 37.5 Å². The van der Waals surface area contributed by atoms with E-state index >= 15 is 0 Å². The molecule has 3 rings (SSSR count). The lowest BCUT2D eigenvalue weighted by Gasteiger charge is -2.26. The minimum atomic E-state index is 0.100. The van der Waals surface area contributed by atoms with Crippen molar-refractivity contribution in [2.75, 3.05) is 32.3 Å². The Balaban J connectivity index is 1.86. The van der Waals surface area contributed by atoms with Crippen LogP contribution in [0.2, 0.25) is 0 Å². The fraction of sp³-hybridized carbons (Fsp3) is 0.320. The van der Waals surface area contributed by atoms with Gasteiger partial charge in [0.2, 0.25) is 0 Å². The molecule has 3 aromatic rings.